The van der Waals surface area contributed by atoms with Crippen LogP contribution in [0.5, 0.6) is 5.75 Å². The van der Waals surface area contributed by atoms with Crippen molar-refractivity contribution in [1.29, 1.82) is 0 Å². The van der Waals surface area contributed by atoms with E-state index in [-0.39, 0.29) is 12.5 Å². The molecule has 2 aromatic rings. The number of amides is 1. The van der Waals surface area contributed by atoms with E-state index in [2.05, 4.69) is 4.98 Å². The van der Waals surface area contributed by atoms with Crippen molar-refractivity contribution < 1.29 is 14.6 Å². The van der Waals surface area contributed by atoms with Gasteiger partial charge in [0, 0.05) is 5.38 Å². The van der Waals surface area contributed by atoms with Gasteiger partial charge >= 0.3 is 0 Å². The SMILES string of the molecule is O=C(c1cscn1)N1C[C@@H](O)[C@H](Oc2ccccc2)C1. The van der Waals surface area contributed by atoms with Gasteiger partial charge in [-0.2, -0.15) is 0 Å². The minimum atomic E-state index is -0.683. The van der Waals surface area contributed by atoms with E-state index in [9.17, 15) is 9.90 Å². The number of para-hydroxylation sites is 1. The number of ether oxygens (including phenoxy) is 1. The standard InChI is InChI=1S/C14H14N2O3S/c17-12-6-16(14(18)11-8-20-9-15-11)7-13(12)19-10-4-2-1-3-5-10/h1-5,8-9,12-13,17H,6-7H2/t12-,13-/m1/s1. The topological polar surface area (TPSA) is 62.7 Å². The number of benzene rings is 1. The molecule has 20 heavy (non-hydrogen) atoms. The molecule has 1 fully saturated rings. The molecule has 0 unspecified atom stereocenters. The summed E-state index contributed by atoms with van der Waals surface area (Å²) in [6.45, 7) is 0.639. The fraction of sp³-hybridized carbons (Fsp3) is 0.286. The van der Waals surface area contributed by atoms with E-state index >= 15 is 0 Å². The molecule has 1 saturated heterocycles. The fourth-order valence-electron chi connectivity index (χ4n) is 2.19. The van der Waals surface area contributed by atoms with Gasteiger partial charge < -0.3 is 14.7 Å². The molecule has 0 radical (unpaired) electrons. The number of aliphatic hydroxyl groups excluding tert-OH is 1. The van der Waals surface area contributed by atoms with E-state index < -0.39 is 12.2 Å². The molecule has 1 N–H and O–H groups in total. The largest absolute Gasteiger partial charge is 0.486 e. The van der Waals surface area contributed by atoms with Gasteiger partial charge in [0.15, 0.2) is 0 Å². The Hall–Kier alpha value is -1.92. The van der Waals surface area contributed by atoms with Gasteiger partial charge in [-0.05, 0) is 12.1 Å². The summed E-state index contributed by atoms with van der Waals surface area (Å²) in [6.07, 6.45) is -1.09. The van der Waals surface area contributed by atoms with Crippen molar-refractivity contribution in [2.24, 2.45) is 0 Å². The third-order valence-corrected chi connectivity index (χ3v) is 3.79. The van der Waals surface area contributed by atoms with Crippen LogP contribution in [-0.4, -0.2) is 46.2 Å². The summed E-state index contributed by atoms with van der Waals surface area (Å²) in [4.78, 5) is 17.7. The smallest absolute Gasteiger partial charge is 0.273 e. The van der Waals surface area contributed by atoms with Crippen molar-refractivity contribution in [1.82, 2.24) is 9.88 Å². The molecular formula is C14H14N2O3S. The number of thiazole rings is 1. The second kappa shape index (κ2) is 5.60. The van der Waals surface area contributed by atoms with E-state index in [1.165, 1.54) is 11.3 Å². The summed E-state index contributed by atoms with van der Waals surface area (Å²) < 4.78 is 5.72. The highest BCUT2D eigenvalue weighted by Crippen LogP contribution is 2.20. The van der Waals surface area contributed by atoms with Crippen molar-refractivity contribution in [2.75, 3.05) is 13.1 Å². The summed E-state index contributed by atoms with van der Waals surface area (Å²) >= 11 is 1.38. The lowest BCUT2D eigenvalue weighted by Crippen LogP contribution is -2.31. The minimum Gasteiger partial charge on any atom is -0.486 e. The number of aliphatic hydroxyl groups is 1. The molecule has 1 aliphatic rings. The third-order valence-electron chi connectivity index (χ3n) is 3.21. The van der Waals surface area contributed by atoms with Crippen LogP contribution in [0.1, 0.15) is 10.5 Å². The first-order chi connectivity index (χ1) is 9.74. The van der Waals surface area contributed by atoms with Crippen molar-refractivity contribution in [3.63, 3.8) is 0 Å². The van der Waals surface area contributed by atoms with E-state index in [0.29, 0.717) is 18.0 Å². The zero-order valence-corrected chi connectivity index (χ0v) is 11.5. The van der Waals surface area contributed by atoms with Gasteiger partial charge in [-0.25, -0.2) is 4.98 Å². The Bertz CT molecular complexity index is 573. The summed E-state index contributed by atoms with van der Waals surface area (Å²) in [6, 6.07) is 9.30. The fourth-order valence-corrected chi connectivity index (χ4v) is 2.72. The van der Waals surface area contributed by atoms with Gasteiger partial charge in [-0.15, -0.1) is 11.3 Å². The number of β-amino-alcohol motifs (C(OH)–C–C–N with tert-alkyl or cyclic N) is 1. The van der Waals surface area contributed by atoms with Gasteiger partial charge in [0.05, 0.1) is 18.6 Å². The molecule has 0 spiro atoms. The van der Waals surface area contributed by atoms with Crippen LogP contribution in [0.25, 0.3) is 0 Å². The molecule has 1 aromatic carbocycles. The summed E-state index contributed by atoms with van der Waals surface area (Å²) in [5.74, 6) is 0.531. The number of hydrogen-bond donors (Lipinski definition) is 1. The van der Waals surface area contributed by atoms with E-state index in [1.54, 1.807) is 15.8 Å². The Morgan fingerprint density at radius 3 is 2.85 bits per heavy atom. The molecule has 2 atom stereocenters. The maximum absolute atomic E-state index is 12.2. The first kappa shape index (κ1) is 13.1. The number of aromatic nitrogens is 1. The van der Waals surface area contributed by atoms with Gasteiger partial charge in [0.1, 0.15) is 23.7 Å². The average molecular weight is 290 g/mol. The maximum Gasteiger partial charge on any atom is 0.273 e. The maximum atomic E-state index is 12.2. The van der Waals surface area contributed by atoms with Crippen LogP contribution in [0.2, 0.25) is 0 Å². The second-order valence-corrected chi connectivity index (χ2v) is 5.34. The Kier molecular flexibility index (Phi) is 3.66. The van der Waals surface area contributed by atoms with Crippen molar-refractivity contribution in [3.05, 3.63) is 46.9 Å². The van der Waals surface area contributed by atoms with Gasteiger partial charge in [0.25, 0.3) is 5.91 Å². The highest BCUT2D eigenvalue weighted by atomic mass is 32.1. The Labute approximate surface area is 120 Å². The van der Waals surface area contributed by atoms with Crippen LogP contribution in [0.4, 0.5) is 0 Å². The molecule has 0 aliphatic carbocycles. The zero-order chi connectivity index (χ0) is 13.9. The Balaban J connectivity index is 1.66. The first-order valence-corrected chi connectivity index (χ1v) is 7.25. The summed E-state index contributed by atoms with van der Waals surface area (Å²) in [7, 11) is 0. The molecule has 1 aliphatic heterocycles. The number of rotatable bonds is 3. The molecular weight excluding hydrogens is 276 g/mol. The number of hydrogen-bond acceptors (Lipinski definition) is 5. The minimum absolute atomic E-state index is 0.163. The average Bonchev–Trinajstić information content (AvgIpc) is 3.10. The number of likely N-dealkylation sites (tertiary alicyclic amines) is 1. The van der Waals surface area contributed by atoms with Crippen molar-refractivity contribution >= 4 is 17.2 Å². The normalized spacial score (nSPS) is 21.9. The highest BCUT2D eigenvalue weighted by molar-refractivity contribution is 7.07. The molecule has 5 nitrogen and oxygen atoms in total. The summed E-state index contributed by atoms with van der Waals surface area (Å²) in [5.41, 5.74) is 2.04. The third kappa shape index (κ3) is 2.66. The molecule has 3 rings (SSSR count). The quantitative estimate of drug-likeness (QED) is 0.928. The van der Waals surface area contributed by atoms with E-state index in [1.807, 2.05) is 30.3 Å². The monoisotopic (exact) mass is 290 g/mol. The lowest BCUT2D eigenvalue weighted by atomic mass is 10.2. The van der Waals surface area contributed by atoms with Crippen LogP contribution in [0.15, 0.2) is 41.2 Å². The Morgan fingerprint density at radius 2 is 2.15 bits per heavy atom. The molecule has 6 heteroatoms. The van der Waals surface area contributed by atoms with Crippen molar-refractivity contribution in [3.8, 4) is 5.75 Å². The van der Waals surface area contributed by atoms with Crippen LogP contribution >= 0.6 is 11.3 Å². The van der Waals surface area contributed by atoms with E-state index in [4.69, 9.17) is 4.74 Å². The van der Waals surface area contributed by atoms with Crippen LogP contribution < -0.4 is 4.74 Å². The predicted molar refractivity (Wildman–Crippen MR) is 74.9 cm³/mol. The van der Waals surface area contributed by atoms with Gasteiger partial charge in [-0.1, -0.05) is 18.2 Å². The van der Waals surface area contributed by atoms with Crippen LogP contribution in [-0.2, 0) is 0 Å². The lowest BCUT2D eigenvalue weighted by Gasteiger charge is -2.16. The lowest BCUT2D eigenvalue weighted by molar-refractivity contribution is 0.0728. The molecule has 104 valence electrons. The molecule has 0 bridgehead atoms. The van der Waals surface area contributed by atoms with Gasteiger partial charge in [0.2, 0.25) is 0 Å². The predicted octanol–water partition coefficient (Wildman–Crippen LogP) is 1.41. The molecule has 0 saturated carbocycles. The van der Waals surface area contributed by atoms with Gasteiger partial charge in [-0.3, -0.25) is 4.79 Å². The number of carbonyl (C=O) groups is 1. The number of carbonyl (C=O) groups excluding carboxylic acids is 1. The Morgan fingerprint density at radius 1 is 1.35 bits per heavy atom. The second-order valence-electron chi connectivity index (χ2n) is 4.62. The zero-order valence-electron chi connectivity index (χ0n) is 10.7. The van der Waals surface area contributed by atoms with Crippen LogP contribution in [0.3, 0.4) is 0 Å². The molecule has 1 amide bonds. The summed E-state index contributed by atoms with van der Waals surface area (Å²) in [5, 5.41) is 11.7. The first-order valence-electron chi connectivity index (χ1n) is 6.31. The number of nitrogens with zero attached hydrogens (tertiary/aromatic N) is 2. The highest BCUT2D eigenvalue weighted by Gasteiger charge is 2.36. The van der Waals surface area contributed by atoms with Crippen LogP contribution in [0, 0.1) is 0 Å². The molecule has 1 aromatic heterocycles. The van der Waals surface area contributed by atoms with Crippen molar-refractivity contribution in [2.45, 2.75) is 12.2 Å². The molecule has 2 heterocycles. The van der Waals surface area contributed by atoms with E-state index in [0.717, 1.165) is 0 Å².